The van der Waals surface area contributed by atoms with Crippen LogP contribution in [0.4, 0.5) is 0 Å². The van der Waals surface area contributed by atoms with Crippen molar-refractivity contribution >= 4 is 18.4 Å². The summed E-state index contributed by atoms with van der Waals surface area (Å²) in [7, 11) is 0. The fourth-order valence-corrected chi connectivity index (χ4v) is 2.65. The second-order valence-corrected chi connectivity index (χ2v) is 5.88. The van der Waals surface area contributed by atoms with Crippen molar-refractivity contribution in [2.45, 2.75) is 38.1 Å². The molecule has 0 radical (unpaired) electrons. The highest BCUT2D eigenvalue weighted by Gasteiger charge is 2.18. The molecule has 0 heterocycles. The molecule has 0 unspecified atom stereocenters. The number of rotatable bonds is 2. The Kier molecular flexibility index (Phi) is 3.47. The molecule has 3 nitrogen and oxygen atoms in total. The third-order valence-corrected chi connectivity index (χ3v) is 2.97. The highest BCUT2D eigenvalue weighted by Crippen LogP contribution is 2.33. The minimum absolute atomic E-state index is 0.240. The van der Waals surface area contributed by atoms with Crippen molar-refractivity contribution in [1.82, 2.24) is 5.09 Å². The van der Waals surface area contributed by atoms with Crippen molar-refractivity contribution in [1.29, 1.82) is 0 Å². The Morgan fingerprint density at radius 2 is 1.73 bits per heavy atom. The summed E-state index contributed by atoms with van der Waals surface area (Å²) in [5, 5.41) is 2.70. The van der Waals surface area contributed by atoms with Gasteiger partial charge in [-0.1, -0.05) is 19.3 Å². The summed E-state index contributed by atoms with van der Waals surface area (Å²) in [5.41, 5.74) is 0. The van der Waals surface area contributed by atoms with Crippen molar-refractivity contribution in [2.24, 2.45) is 0 Å². The van der Waals surface area contributed by atoms with Gasteiger partial charge in [0.1, 0.15) is 0 Å². The summed E-state index contributed by atoms with van der Waals surface area (Å²) in [6.45, 7) is -3.15. The molecule has 1 saturated carbocycles. The molecule has 1 aliphatic carbocycles. The Morgan fingerprint density at radius 3 is 2.18 bits per heavy atom. The van der Waals surface area contributed by atoms with Crippen LogP contribution in [0.25, 0.3) is 0 Å². The van der Waals surface area contributed by atoms with Crippen molar-refractivity contribution in [2.75, 3.05) is 0 Å². The topological polar surface area (TPSA) is 52.5 Å². The molecule has 1 aliphatic rings. The maximum atomic E-state index is 8.94. The molecule has 3 N–H and O–H groups in total. The Morgan fingerprint density at radius 1 is 1.18 bits per heavy atom. The van der Waals surface area contributed by atoms with E-state index in [-0.39, 0.29) is 6.04 Å². The number of hydrogen-bond acceptors (Lipinski definition) is 1. The van der Waals surface area contributed by atoms with Gasteiger partial charge in [-0.15, -0.1) is 0 Å². The average Bonchev–Trinajstić information content (AvgIpc) is 1.85. The standard InChI is InChI=1S/C6H14NO2PS/c8-10(9,11)7-6-4-2-1-3-5-6/h6H,1-5H2,(H3,7,8,9,11). The van der Waals surface area contributed by atoms with Gasteiger partial charge in [0.25, 0.3) is 6.64 Å². The molecular weight excluding hydrogens is 181 g/mol. The van der Waals surface area contributed by atoms with Crippen LogP contribution < -0.4 is 5.09 Å². The van der Waals surface area contributed by atoms with E-state index in [1.807, 2.05) is 0 Å². The lowest BCUT2D eigenvalue weighted by atomic mass is 9.96. The zero-order valence-electron chi connectivity index (χ0n) is 6.36. The van der Waals surface area contributed by atoms with Crippen LogP contribution in [0.3, 0.4) is 0 Å². The molecule has 0 aromatic rings. The van der Waals surface area contributed by atoms with Crippen LogP contribution in [0.15, 0.2) is 0 Å². The Balaban J connectivity index is 2.30. The summed E-state index contributed by atoms with van der Waals surface area (Å²) in [6.07, 6.45) is 5.66. The third kappa shape index (κ3) is 4.19. The van der Waals surface area contributed by atoms with Crippen molar-refractivity contribution in [3.05, 3.63) is 0 Å². The summed E-state index contributed by atoms with van der Waals surface area (Å²) in [4.78, 5) is 17.9. The van der Waals surface area contributed by atoms with Crippen LogP contribution >= 0.6 is 6.64 Å². The van der Waals surface area contributed by atoms with Gasteiger partial charge in [-0.2, -0.15) is 0 Å². The van der Waals surface area contributed by atoms with E-state index >= 15 is 0 Å². The minimum Gasteiger partial charge on any atom is -0.334 e. The maximum Gasteiger partial charge on any atom is 0.256 e. The molecule has 66 valence electrons. The van der Waals surface area contributed by atoms with Gasteiger partial charge in [0.2, 0.25) is 0 Å². The fraction of sp³-hybridized carbons (Fsp3) is 1.00. The smallest absolute Gasteiger partial charge is 0.256 e. The van der Waals surface area contributed by atoms with Crippen LogP contribution in [0.1, 0.15) is 32.1 Å². The highest BCUT2D eigenvalue weighted by atomic mass is 32.5. The van der Waals surface area contributed by atoms with Crippen LogP contribution in [0, 0.1) is 0 Å². The molecule has 1 fully saturated rings. The van der Waals surface area contributed by atoms with E-state index in [9.17, 15) is 0 Å². The number of hydrogen-bond donors (Lipinski definition) is 3. The predicted octanol–water partition coefficient (Wildman–Crippen LogP) is 1.12. The van der Waals surface area contributed by atoms with Gasteiger partial charge in [-0.3, -0.25) is 0 Å². The Bertz CT molecular complexity index is 164. The van der Waals surface area contributed by atoms with E-state index in [2.05, 4.69) is 16.9 Å². The molecule has 0 saturated heterocycles. The molecule has 0 aromatic heterocycles. The first-order valence-electron chi connectivity index (χ1n) is 3.91. The second kappa shape index (κ2) is 3.97. The van der Waals surface area contributed by atoms with E-state index in [0.717, 1.165) is 12.8 Å². The lowest BCUT2D eigenvalue weighted by molar-refractivity contribution is 0.382. The zero-order chi connectivity index (χ0) is 8.32. The van der Waals surface area contributed by atoms with Gasteiger partial charge in [0.15, 0.2) is 0 Å². The van der Waals surface area contributed by atoms with E-state index in [4.69, 9.17) is 9.79 Å². The van der Waals surface area contributed by atoms with Crippen molar-refractivity contribution < 1.29 is 9.79 Å². The van der Waals surface area contributed by atoms with Gasteiger partial charge in [-0.25, -0.2) is 5.09 Å². The molecule has 0 atom stereocenters. The Hall–Kier alpha value is 0.530. The summed E-state index contributed by atoms with van der Waals surface area (Å²) < 4.78 is 0. The normalized spacial score (nSPS) is 22.0. The molecule has 0 aliphatic heterocycles. The van der Waals surface area contributed by atoms with Crippen molar-refractivity contribution in [3.8, 4) is 0 Å². The van der Waals surface area contributed by atoms with Crippen LogP contribution in [-0.4, -0.2) is 15.8 Å². The Labute approximate surface area is 72.0 Å². The SMILES string of the molecule is OP(O)(=S)NC1CCCCC1. The quantitative estimate of drug-likeness (QED) is 0.578. The third-order valence-electron chi connectivity index (χ3n) is 1.96. The second-order valence-electron chi connectivity index (χ2n) is 3.01. The summed E-state index contributed by atoms with van der Waals surface area (Å²) >= 11 is 4.48. The van der Waals surface area contributed by atoms with Gasteiger partial charge >= 0.3 is 0 Å². The molecule has 0 bridgehead atoms. The van der Waals surface area contributed by atoms with Gasteiger partial charge < -0.3 is 9.79 Å². The highest BCUT2D eigenvalue weighted by molar-refractivity contribution is 8.08. The summed E-state index contributed by atoms with van der Waals surface area (Å²) in [6, 6.07) is 0.240. The summed E-state index contributed by atoms with van der Waals surface area (Å²) in [5.74, 6) is 0. The van der Waals surface area contributed by atoms with Crippen LogP contribution in [0.2, 0.25) is 0 Å². The molecular formula is C6H14NO2PS. The van der Waals surface area contributed by atoms with E-state index in [1.165, 1.54) is 19.3 Å². The number of nitrogens with one attached hydrogen (secondary N) is 1. The van der Waals surface area contributed by atoms with E-state index in [1.54, 1.807) is 0 Å². The van der Waals surface area contributed by atoms with E-state index in [0.29, 0.717) is 0 Å². The largest absolute Gasteiger partial charge is 0.334 e. The molecule has 0 aromatic carbocycles. The van der Waals surface area contributed by atoms with Gasteiger partial charge in [0.05, 0.1) is 0 Å². The molecule has 5 heteroatoms. The van der Waals surface area contributed by atoms with Crippen molar-refractivity contribution in [3.63, 3.8) is 0 Å². The van der Waals surface area contributed by atoms with Gasteiger partial charge in [-0.05, 0) is 24.6 Å². The molecule has 1 rings (SSSR count). The first-order chi connectivity index (χ1) is 5.08. The molecule has 0 amide bonds. The predicted molar refractivity (Wildman–Crippen MR) is 48.7 cm³/mol. The lowest BCUT2D eigenvalue weighted by Gasteiger charge is -2.24. The average molecular weight is 195 g/mol. The molecule has 11 heavy (non-hydrogen) atoms. The fourth-order valence-electron chi connectivity index (χ4n) is 1.47. The maximum absolute atomic E-state index is 8.94. The van der Waals surface area contributed by atoms with E-state index < -0.39 is 6.64 Å². The first-order valence-corrected chi connectivity index (χ1v) is 6.62. The van der Waals surface area contributed by atoms with Gasteiger partial charge in [0, 0.05) is 6.04 Å². The first kappa shape index (κ1) is 9.62. The van der Waals surface area contributed by atoms with Crippen LogP contribution in [0.5, 0.6) is 0 Å². The monoisotopic (exact) mass is 195 g/mol. The lowest BCUT2D eigenvalue weighted by Crippen LogP contribution is -2.28. The van der Waals surface area contributed by atoms with Crippen LogP contribution in [-0.2, 0) is 11.8 Å². The molecule has 0 spiro atoms. The minimum atomic E-state index is -3.15. The zero-order valence-corrected chi connectivity index (χ0v) is 8.07.